The summed E-state index contributed by atoms with van der Waals surface area (Å²) in [6.45, 7) is 0. The smallest absolute Gasteiger partial charge is 0.289 e. The van der Waals surface area contributed by atoms with Gasteiger partial charge < -0.3 is 5.11 Å². The van der Waals surface area contributed by atoms with Crippen molar-refractivity contribution in [2.24, 2.45) is 5.10 Å². The summed E-state index contributed by atoms with van der Waals surface area (Å²) in [5.74, 6) is -0.322. The number of rotatable bonds is 4. The Morgan fingerprint density at radius 2 is 1.78 bits per heavy atom. The molecule has 0 aliphatic heterocycles. The van der Waals surface area contributed by atoms with Crippen molar-refractivity contribution in [3.63, 3.8) is 0 Å². The number of phenolic OH excluding ortho intramolecular Hbond substituents is 1. The van der Waals surface area contributed by atoms with Gasteiger partial charge in [0.25, 0.3) is 5.91 Å². The van der Waals surface area contributed by atoms with E-state index in [4.69, 9.17) is 0 Å². The number of aromatic nitrogens is 2. The van der Waals surface area contributed by atoms with E-state index in [-0.39, 0.29) is 5.75 Å². The fourth-order valence-corrected chi connectivity index (χ4v) is 2.75. The average Bonchev–Trinajstić information content (AvgIpc) is 3.19. The maximum Gasteiger partial charge on any atom is 0.289 e. The molecule has 0 radical (unpaired) electrons. The fraction of sp³-hybridized carbons (Fsp3) is 0. The maximum absolute atomic E-state index is 12.2. The van der Waals surface area contributed by atoms with Crippen molar-refractivity contribution in [3.05, 3.63) is 84.1 Å². The standard InChI is InChI=1S/C21H16N4O2/c26-20-8-4-3-7-17(20)13-22-25-21(27)19-12-18(23-24-19)16-10-9-14-5-1-2-6-15(14)11-16/h1-13,26H,(H,23,24)(H,25,27)/b22-13+. The predicted octanol–water partition coefficient (Wildman–Crippen LogP) is 3.70. The first-order valence-corrected chi connectivity index (χ1v) is 8.37. The lowest BCUT2D eigenvalue weighted by Crippen LogP contribution is -2.18. The Balaban J connectivity index is 1.49. The number of aromatic amines is 1. The molecule has 1 aromatic heterocycles. The zero-order valence-corrected chi connectivity index (χ0v) is 14.3. The first-order valence-electron chi connectivity index (χ1n) is 8.37. The molecule has 27 heavy (non-hydrogen) atoms. The van der Waals surface area contributed by atoms with Crippen molar-refractivity contribution >= 4 is 22.9 Å². The summed E-state index contributed by atoms with van der Waals surface area (Å²) in [6, 6.07) is 22.5. The summed E-state index contributed by atoms with van der Waals surface area (Å²) in [5.41, 5.74) is 4.82. The van der Waals surface area contributed by atoms with E-state index in [1.165, 1.54) is 6.21 Å². The van der Waals surface area contributed by atoms with E-state index < -0.39 is 5.91 Å². The second-order valence-electron chi connectivity index (χ2n) is 5.99. The molecule has 1 amide bonds. The molecular weight excluding hydrogens is 340 g/mol. The van der Waals surface area contributed by atoms with Gasteiger partial charge in [-0.25, -0.2) is 5.43 Å². The molecule has 0 saturated carbocycles. The van der Waals surface area contributed by atoms with Crippen LogP contribution in [0.4, 0.5) is 0 Å². The molecule has 4 rings (SSSR count). The van der Waals surface area contributed by atoms with Crippen molar-refractivity contribution in [2.75, 3.05) is 0 Å². The summed E-state index contributed by atoms with van der Waals surface area (Å²) in [5, 5.41) is 22.7. The number of H-pyrrole nitrogens is 1. The van der Waals surface area contributed by atoms with Crippen LogP contribution in [0.1, 0.15) is 16.1 Å². The van der Waals surface area contributed by atoms with Crippen LogP contribution in [0.5, 0.6) is 5.75 Å². The molecule has 3 aromatic carbocycles. The summed E-state index contributed by atoms with van der Waals surface area (Å²) < 4.78 is 0. The van der Waals surface area contributed by atoms with Gasteiger partial charge in [0.05, 0.1) is 11.9 Å². The zero-order valence-electron chi connectivity index (χ0n) is 14.3. The van der Waals surface area contributed by atoms with E-state index in [2.05, 4.69) is 20.7 Å². The summed E-state index contributed by atoms with van der Waals surface area (Å²) in [6.07, 6.45) is 1.38. The number of phenols is 1. The molecular formula is C21H16N4O2. The van der Waals surface area contributed by atoms with E-state index in [9.17, 15) is 9.90 Å². The maximum atomic E-state index is 12.2. The van der Waals surface area contributed by atoms with Gasteiger partial charge in [-0.2, -0.15) is 10.2 Å². The monoisotopic (exact) mass is 356 g/mol. The quantitative estimate of drug-likeness (QED) is 0.385. The third kappa shape index (κ3) is 3.55. The average molecular weight is 356 g/mol. The van der Waals surface area contributed by atoms with Crippen LogP contribution in [-0.4, -0.2) is 27.4 Å². The van der Waals surface area contributed by atoms with Crippen LogP contribution in [0, 0.1) is 0 Å². The summed E-state index contributed by atoms with van der Waals surface area (Å²) in [7, 11) is 0. The third-order valence-electron chi connectivity index (χ3n) is 4.17. The Bertz CT molecular complexity index is 1150. The van der Waals surface area contributed by atoms with Crippen molar-refractivity contribution in [1.29, 1.82) is 0 Å². The number of nitrogens with one attached hydrogen (secondary N) is 2. The highest BCUT2D eigenvalue weighted by Gasteiger charge is 2.11. The summed E-state index contributed by atoms with van der Waals surface area (Å²) in [4.78, 5) is 12.2. The lowest BCUT2D eigenvalue weighted by Gasteiger charge is -2.00. The molecule has 0 atom stereocenters. The fourth-order valence-electron chi connectivity index (χ4n) is 2.75. The Labute approximate surface area is 155 Å². The van der Waals surface area contributed by atoms with Crippen LogP contribution in [0.15, 0.2) is 77.9 Å². The molecule has 0 aliphatic rings. The molecule has 0 unspecified atom stereocenters. The normalized spacial score (nSPS) is 11.1. The van der Waals surface area contributed by atoms with Gasteiger partial charge in [0.2, 0.25) is 0 Å². The van der Waals surface area contributed by atoms with Gasteiger partial charge in [0.1, 0.15) is 11.4 Å². The largest absolute Gasteiger partial charge is 0.507 e. The lowest BCUT2D eigenvalue weighted by molar-refractivity contribution is 0.0950. The second-order valence-corrected chi connectivity index (χ2v) is 5.99. The van der Waals surface area contributed by atoms with Crippen LogP contribution >= 0.6 is 0 Å². The number of fused-ring (bicyclic) bond motifs is 1. The van der Waals surface area contributed by atoms with Crippen LogP contribution in [0.3, 0.4) is 0 Å². The van der Waals surface area contributed by atoms with Gasteiger partial charge in [-0.3, -0.25) is 9.89 Å². The number of carbonyl (C=O) groups is 1. The van der Waals surface area contributed by atoms with E-state index in [1.807, 2.05) is 42.5 Å². The molecule has 132 valence electrons. The minimum absolute atomic E-state index is 0.0932. The predicted molar refractivity (Wildman–Crippen MR) is 105 cm³/mol. The molecule has 6 heteroatoms. The van der Waals surface area contributed by atoms with Gasteiger partial charge in [-0.1, -0.05) is 48.5 Å². The van der Waals surface area contributed by atoms with Crippen molar-refractivity contribution in [1.82, 2.24) is 15.6 Å². The van der Waals surface area contributed by atoms with Gasteiger partial charge in [0.15, 0.2) is 0 Å². The number of hydrazone groups is 1. The van der Waals surface area contributed by atoms with Crippen molar-refractivity contribution in [2.45, 2.75) is 0 Å². The Morgan fingerprint density at radius 3 is 2.63 bits per heavy atom. The second kappa shape index (κ2) is 7.13. The minimum Gasteiger partial charge on any atom is -0.507 e. The number of para-hydroxylation sites is 1. The number of nitrogens with zero attached hydrogens (tertiary/aromatic N) is 2. The van der Waals surface area contributed by atoms with Gasteiger partial charge in [-0.05, 0) is 35.0 Å². The molecule has 0 bridgehead atoms. The number of aromatic hydroxyl groups is 1. The summed E-state index contributed by atoms with van der Waals surface area (Å²) >= 11 is 0. The number of hydrogen-bond acceptors (Lipinski definition) is 4. The minimum atomic E-state index is -0.416. The van der Waals surface area contributed by atoms with Crippen molar-refractivity contribution in [3.8, 4) is 17.0 Å². The molecule has 0 aliphatic carbocycles. The molecule has 0 spiro atoms. The highest BCUT2D eigenvalue weighted by atomic mass is 16.3. The SMILES string of the molecule is O=C(N/N=C/c1ccccc1O)c1cc(-c2ccc3ccccc3c2)n[nH]1. The topological polar surface area (TPSA) is 90.4 Å². The van der Waals surface area contributed by atoms with E-state index >= 15 is 0 Å². The lowest BCUT2D eigenvalue weighted by atomic mass is 10.1. The molecule has 6 nitrogen and oxygen atoms in total. The van der Waals surface area contributed by atoms with Gasteiger partial charge >= 0.3 is 0 Å². The first-order chi connectivity index (χ1) is 13.2. The molecule has 1 heterocycles. The molecule has 0 saturated heterocycles. The number of carbonyl (C=O) groups excluding carboxylic acids is 1. The van der Waals surface area contributed by atoms with Crippen molar-refractivity contribution < 1.29 is 9.90 Å². The molecule has 3 N–H and O–H groups in total. The first kappa shape index (κ1) is 16.5. The van der Waals surface area contributed by atoms with Crippen LogP contribution in [-0.2, 0) is 0 Å². The van der Waals surface area contributed by atoms with Crippen LogP contribution < -0.4 is 5.43 Å². The van der Waals surface area contributed by atoms with E-state index in [0.29, 0.717) is 17.0 Å². The van der Waals surface area contributed by atoms with Crippen LogP contribution in [0.2, 0.25) is 0 Å². The van der Waals surface area contributed by atoms with Crippen LogP contribution in [0.25, 0.3) is 22.0 Å². The van der Waals surface area contributed by atoms with Gasteiger partial charge in [0, 0.05) is 11.1 Å². The Kier molecular flexibility index (Phi) is 4.37. The zero-order chi connectivity index (χ0) is 18.6. The Morgan fingerprint density at radius 1 is 1.00 bits per heavy atom. The highest BCUT2D eigenvalue weighted by molar-refractivity contribution is 5.95. The third-order valence-corrected chi connectivity index (χ3v) is 4.17. The highest BCUT2D eigenvalue weighted by Crippen LogP contribution is 2.23. The molecule has 0 fully saturated rings. The number of amides is 1. The van der Waals surface area contributed by atoms with E-state index in [1.54, 1.807) is 30.3 Å². The number of hydrogen-bond donors (Lipinski definition) is 3. The van der Waals surface area contributed by atoms with E-state index in [0.717, 1.165) is 16.3 Å². The number of benzene rings is 3. The molecule has 4 aromatic rings. The van der Waals surface area contributed by atoms with Gasteiger partial charge in [-0.15, -0.1) is 0 Å². The Hall–Kier alpha value is -3.93.